The van der Waals surface area contributed by atoms with Crippen molar-refractivity contribution in [1.82, 2.24) is 4.98 Å². The van der Waals surface area contributed by atoms with Crippen molar-refractivity contribution in [3.63, 3.8) is 0 Å². The molecule has 0 amide bonds. The number of ether oxygens (including phenoxy) is 2. The highest BCUT2D eigenvalue weighted by Gasteiger charge is 2.16. The van der Waals surface area contributed by atoms with Crippen LogP contribution in [0.1, 0.15) is 27.8 Å². The summed E-state index contributed by atoms with van der Waals surface area (Å²) in [5.74, 6) is 2.09. The Morgan fingerprint density at radius 2 is 1.56 bits per heavy atom. The number of nitrogens with zero attached hydrogens (tertiary/aromatic N) is 3. The van der Waals surface area contributed by atoms with Gasteiger partial charge in [-0.25, -0.2) is 8.42 Å². The summed E-state index contributed by atoms with van der Waals surface area (Å²) in [5, 5.41) is 9.42. The van der Waals surface area contributed by atoms with Gasteiger partial charge in [-0.3, -0.25) is 9.71 Å². The average Bonchev–Trinajstić information content (AvgIpc) is 3.03. The molecule has 0 fully saturated rings. The maximum Gasteiger partial charge on any atom is 0.229 e. The van der Waals surface area contributed by atoms with Gasteiger partial charge in [0.1, 0.15) is 17.2 Å². The van der Waals surface area contributed by atoms with Gasteiger partial charge in [-0.1, -0.05) is 42.5 Å². The van der Waals surface area contributed by atoms with Crippen molar-refractivity contribution in [2.45, 2.75) is 26.4 Å². The maximum absolute atomic E-state index is 12.0. The summed E-state index contributed by atoms with van der Waals surface area (Å²) in [6.45, 7) is 3.49. The topological polar surface area (TPSA) is 105 Å². The third-order valence-electron chi connectivity index (χ3n) is 7.09. The number of hydrogen-bond acceptors (Lipinski definition) is 7. The quantitative estimate of drug-likeness (QED) is 0.148. The van der Waals surface area contributed by atoms with E-state index >= 15 is 0 Å². The molecule has 0 saturated carbocycles. The predicted molar refractivity (Wildman–Crippen MR) is 177 cm³/mol. The van der Waals surface area contributed by atoms with Crippen molar-refractivity contribution < 1.29 is 17.9 Å². The number of sulfonamides is 1. The second-order valence-corrected chi connectivity index (χ2v) is 12.4. The molecule has 5 rings (SSSR count). The number of nitriles is 1. The molecule has 0 unspecified atom stereocenters. The second-order valence-electron chi connectivity index (χ2n) is 10.7. The average molecular weight is 619 g/mol. The van der Waals surface area contributed by atoms with Crippen LogP contribution < -0.4 is 19.1 Å². The van der Waals surface area contributed by atoms with Crippen LogP contribution in [0, 0.1) is 18.3 Å². The lowest BCUT2D eigenvalue weighted by molar-refractivity contribution is 0.320. The van der Waals surface area contributed by atoms with Crippen LogP contribution in [-0.2, 0) is 29.5 Å². The zero-order valence-electron chi connectivity index (χ0n) is 25.2. The van der Waals surface area contributed by atoms with Gasteiger partial charge in [-0.2, -0.15) is 5.26 Å². The third kappa shape index (κ3) is 9.08. The first-order valence-corrected chi connectivity index (χ1v) is 16.3. The molecule has 0 bridgehead atoms. The molecule has 228 valence electrons. The summed E-state index contributed by atoms with van der Waals surface area (Å²) in [5.41, 5.74) is 5.92. The van der Waals surface area contributed by atoms with Gasteiger partial charge in [0.25, 0.3) is 0 Å². The highest BCUT2D eigenvalue weighted by Crippen LogP contribution is 2.31. The van der Waals surface area contributed by atoms with Crippen LogP contribution in [-0.4, -0.2) is 26.3 Å². The third-order valence-corrected chi connectivity index (χ3v) is 7.68. The summed E-state index contributed by atoms with van der Waals surface area (Å²) < 4.78 is 38.7. The van der Waals surface area contributed by atoms with Gasteiger partial charge in [0.2, 0.25) is 10.0 Å². The van der Waals surface area contributed by atoms with Gasteiger partial charge in [0, 0.05) is 43.7 Å². The number of nitrogens with one attached hydrogen (secondary N) is 1. The van der Waals surface area contributed by atoms with Gasteiger partial charge >= 0.3 is 0 Å². The lowest BCUT2D eigenvalue weighted by Gasteiger charge is -2.28. The Hall–Kier alpha value is -5.33. The Bertz CT molecular complexity index is 1890. The van der Waals surface area contributed by atoms with E-state index in [1.807, 2.05) is 104 Å². The molecule has 9 heteroatoms. The number of hydrogen-bond donors (Lipinski definition) is 1. The van der Waals surface area contributed by atoms with E-state index in [-0.39, 0.29) is 0 Å². The first kappa shape index (κ1) is 31.1. The Kier molecular flexibility index (Phi) is 9.97. The van der Waals surface area contributed by atoms with Crippen molar-refractivity contribution in [2.75, 3.05) is 22.5 Å². The molecule has 0 aliphatic heterocycles. The Morgan fingerprint density at radius 3 is 2.31 bits per heavy atom. The van der Waals surface area contributed by atoms with E-state index in [2.05, 4.69) is 20.7 Å². The first-order chi connectivity index (χ1) is 21.8. The molecule has 8 nitrogen and oxygen atoms in total. The van der Waals surface area contributed by atoms with Crippen molar-refractivity contribution >= 4 is 21.4 Å². The summed E-state index contributed by atoms with van der Waals surface area (Å²) in [4.78, 5) is 6.31. The maximum atomic E-state index is 12.0. The lowest BCUT2D eigenvalue weighted by Crippen LogP contribution is -2.23. The number of aromatic nitrogens is 1. The summed E-state index contributed by atoms with van der Waals surface area (Å²) >= 11 is 0. The molecule has 1 aromatic heterocycles. The highest BCUT2D eigenvalue weighted by atomic mass is 32.2. The summed E-state index contributed by atoms with van der Waals surface area (Å²) in [6, 6.07) is 34.6. The molecule has 1 heterocycles. The van der Waals surface area contributed by atoms with E-state index in [9.17, 15) is 13.7 Å². The van der Waals surface area contributed by atoms with Gasteiger partial charge in [-0.15, -0.1) is 0 Å². The van der Waals surface area contributed by atoms with Gasteiger partial charge in [-0.05, 0) is 83.8 Å². The Labute approximate surface area is 264 Å². The molecule has 1 N–H and O–H groups in total. The van der Waals surface area contributed by atoms with E-state index in [1.165, 1.54) is 0 Å². The number of benzene rings is 4. The molecular formula is C36H34N4O4S. The molecule has 0 aliphatic rings. The van der Waals surface area contributed by atoms with E-state index in [0.717, 1.165) is 46.4 Å². The summed E-state index contributed by atoms with van der Waals surface area (Å²) in [7, 11) is -3.45. The van der Waals surface area contributed by atoms with Crippen LogP contribution in [0.4, 0.5) is 11.4 Å². The molecule has 0 saturated heterocycles. The van der Waals surface area contributed by atoms with Gasteiger partial charge in [0.05, 0.1) is 30.2 Å². The van der Waals surface area contributed by atoms with Crippen molar-refractivity contribution in [3.05, 3.63) is 143 Å². The van der Waals surface area contributed by atoms with Crippen LogP contribution in [0.2, 0.25) is 0 Å². The van der Waals surface area contributed by atoms with Crippen LogP contribution in [0.25, 0.3) is 0 Å². The van der Waals surface area contributed by atoms with E-state index in [1.54, 1.807) is 18.3 Å². The Morgan fingerprint density at radius 1 is 0.822 bits per heavy atom. The molecule has 0 radical (unpaired) electrons. The molecule has 5 aromatic rings. The van der Waals surface area contributed by atoms with Gasteiger partial charge in [0.15, 0.2) is 0 Å². The molecule has 4 aromatic carbocycles. The van der Waals surface area contributed by atoms with E-state index in [4.69, 9.17) is 9.47 Å². The van der Waals surface area contributed by atoms with Crippen molar-refractivity contribution in [2.24, 2.45) is 0 Å². The van der Waals surface area contributed by atoms with Crippen molar-refractivity contribution in [1.29, 1.82) is 5.26 Å². The van der Waals surface area contributed by atoms with Crippen LogP contribution in [0.5, 0.6) is 17.2 Å². The predicted octanol–water partition coefficient (Wildman–Crippen LogP) is 7.25. The van der Waals surface area contributed by atoms with Gasteiger partial charge < -0.3 is 14.4 Å². The molecular weight excluding hydrogens is 584 g/mol. The minimum absolute atomic E-state index is 0.518. The van der Waals surface area contributed by atoms with Crippen LogP contribution >= 0.6 is 0 Å². The lowest BCUT2D eigenvalue weighted by atomic mass is 10.1. The molecule has 0 atom stereocenters. The fourth-order valence-electron chi connectivity index (χ4n) is 4.94. The molecule has 0 aliphatic carbocycles. The molecule has 45 heavy (non-hydrogen) atoms. The largest absolute Gasteiger partial charge is 0.493 e. The fraction of sp³-hybridized carbons (Fsp3) is 0.167. The monoisotopic (exact) mass is 618 g/mol. The standard InChI is InChI=1S/C36H34N4O4S/c1-27-35(39-45(2,41)42)12-5-13-36(27)40(26-31-8-3-7-30(21-31)23-37)25-29-14-16-32(17-15-29)44-34-11-4-10-33(22-34)43-20-18-28-9-6-19-38-24-28/h3-17,19,21-22,24,39H,18,20,25-26H2,1-2H3. The van der Waals surface area contributed by atoms with Crippen LogP contribution in [0.15, 0.2) is 116 Å². The number of anilines is 2. The SMILES string of the molecule is Cc1c(NS(C)(=O)=O)cccc1N(Cc1ccc(Oc2cccc(OCCc3cccnc3)c2)cc1)Cc1cccc(C#N)c1. The fourth-order valence-corrected chi connectivity index (χ4v) is 5.56. The zero-order chi connectivity index (χ0) is 31.6. The van der Waals surface area contributed by atoms with E-state index < -0.39 is 10.0 Å². The summed E-state index contributed by atoms with van der Waals surface area (Å²) in [6.07, 6.45) is 5.50. The van der Waals surface area contributed by atoms with Crippen molar-refractivity contribution in [3.8, 4) is 23.3 Å². The number of pyridine rings is 1. The minimum Gasteiger partial charge on any atom is -0.493 e. The highest BCUT2D eigenvalue weighted by molar-refractivity contribution is 7.92. The smallest absolute Gasteiger partial charge is 0.229 e. The van der Waals surface area contributed by atoms with E-state index in [0.29, 0.717) is 42.4 Å². The normalized spacial score (nSPS) is 11.0. The number of rotatable bonds is 13. The minimum atomic E-state index is -3.45. The second kappa shape index (κ2) is 14.4. The molecule has 0 spiro atoms. The first-order valence-electron chi connectivity index (χ1n) is 14.5. The zero-order valence-corrected chi connectivity index (χ0v) is 26.0. The van der Waals surface area contributed by atoms with Crippen LogP contribution in [0.3, 0.4) is 0 Å². The Balaban J connectivity index is 1.30.